The zero-order chi connectivity index (χ0) is 13.4. The first-order valence-electron chi connectivity index (χ1n) is 5.90. The topological polar surface area (TPSA) is 46.3 Å². The smallest absolute Gasteiger partial charge is 0.259 e. The second-order valence-electron chi connectivity index (χ2n) is 4.98. The summed E-state index contributed by atoms with van der Waals surface area (Å²) in [5.74, 6) is -1.49. The Kier molecular flexibility index (Phi) is 3.24. The molecular weight excluding hydrogens is 238 g/mol. The molecule has 1 amide bonds. The molecule has 0 bridgehead atoms. The van der Waals surface area contributed by atoms with Crippen LogP contribution in [0.1, 0.15) is 23.7 Å². The summed E-state index contributed by atoms with van der Waals surface area (Å²) >= 11 is 0. The monoisotopic (exact) mass is 254 g/mol. The number of carbonyl (C=O) groups is 1. The van der Waals surface area contributed by atoms with Crippen LogP contribution in [0.3, 0.4) is 0 Å². The molecular formula is C13H16F2N2O. The van der Waals surface area contributed by atoms with Crippen LogP contribution in [-0.2, 0) is 0 Å². The molecule has 18 heavy (non-hydrogen) atoms. The highest BCUT2D eigenvalue weighted by Gasteiger charge is 2.35. The number of halogens is 2. The molecule has 0 heterocycles. The van der Waals surface area contributed by atoms with Crippen LogP contribution in [0.25, 0.3) is 0 Å². The summed E-state index contributed by atoms with van der Waals surface area (Å²) in [5, 5.41) is 0. The van der Waals surface area contributed by atoms with Gasteiger partial charge in [-0.15, -0.1) is 0 Å². The number of nitrogens with two attached hydrogens (primary N) is 1. The highest BCUT2D eigenvalue weighted by molar-refractivity contribution is 5.95. The maximum Gasteiger partial charge on any atom is 0.259 e. The van der Waals surface area contributed by atoms with Crippen molar-refractivity contribution in [3.05, 3.63) is 29.3 Å². The van der Waals surface area contributed by atoms with Crippen LogP contribution in [0, 0.1) is 23.5 Å². The normalized spacial score (nSPS) is 21.8. The van der Waals surface area contributed by atoms with Crippen LogP contribution in [0.15, 0.2) is 12.1 Å². The van der Waals surface area contributed by atoms with Gasteiger partial charge in [0.2, 0.25) is 0 Å². The van der Waals surface area contributed by atoms with Crippen molar-refractivity contribution in [2.45, 2.75) is 13.3 Å². The van der Waals surface area contributed by atoms with Gasteiger partial charge < -0.3 is 10.6 Å². The molecule has 1 saturated carbocycles. The van der Waals surface area contributed by atoms with Crippen molar-refractivity contribution >= 4 is 11.6 Å². The van der Waals surface area contributed by atoms with Gasteiger partial charge in [-0.25, -0.2) is 8.78 Å². The Bertz CT molecular complexity index is 490. The number of rotatable bonds is 3. The number of nitrogen functional groups attached to an aromatic ring is 1. The predicted molar refractivity (Wildman–Crippen MR) is 65.0 cm³/mol. The fraction of sp³-hybridized carbons (Fsp3) is 0.462. The molecule has 2 unspecified atom stereocenters. The van der Waals surface area contributed by atoms with Crippen LogP contribution in [0.5, 0.6) is 0 Å². The van der Waals surface area contributed by atoms with Crippen molar-refractivity contribution in [3.8, 4) is 0 Å². The van der Waals surface area contributed by atoms with Gasteiger partial charge in [0.25, 0.3) is 5.91 Å². The van der Waals surface area contributed by atoms with Crippen molar-refractivity contribution < 1.29 is 13.6 Å². The lowest BCUT2D eigenvalue weighted by Crippen LogP contribution is -2.30. The van der Waals surface area contributed by atoms with Gasteiger partial charge in [-0.2, -0.15) is 0 Å². The first kappa shape index (κ1) is 12.8. The van der Waals surface area contributed by atoms with Crippen LogP contribution >= 0.6 is 0 Å². The van der Waals surface area contributed by atoms with E-state index in [0.717, 1.165) is 18.6 Å². The van der Waals surface area contributed by atoms with Crippen LogP contribution in [0.4, 0.5) is 14.5 Å². The summed E-state index contributed by atoms with van der Waals surface area (Å²) in [6.07, 6.45) is 1.06. The Labute approximate surface area is 105 Å². The zero-order valence-electron chi connectivity index (χ0n) is 10.4. The Morgan fingerprint density at radius 3 is 2.67 bits per heavy atom. The first-order valence-corrected chi connectivity index (χ1v) is 5.90. The molecule has 98 valence electrons. The molecule has 3 nitrogen and oxygen atoms in total. The summed E-state index contributed by atoms with van der Waals surface area (Å²) in [7, 11) is 1.55. The van der Waals surface area contributed by atoms with Crippen molar-refractivity contribution in [3.63, 3.8) is 0 Å². The Morgan fingerprint density at radius 1 is 1.50 bits per heavy atom. The Hall–Kier alpha value is -1.65. The largest absolute Gasteiger partial charge is 0.396 e. The summed E-state index contributed by atoms with van der Waals surface area (Å²) in [5.41, 5.74) is 4.57. The molecule has 1 aliphatic rings. The lowest BCUT2D eigenvalue weighted by molar-refractivity contribution is 0.0777. The molecule has 2 atom stereocenters. The van der Waals surface area contributed by atoms with E-state index >= 15 is 0 Å². The third kappa shape index (κ3) is 2.30. The van der Waals surface area contributed by atoms with Gasteiger partial charge in [-0.3, -0.25) is 4.79 Å². The fourth-order valence-corrected chi connectivity index (χ4v) is 2.04. The van der Waals surface area contributed by atoms with Crippen LogP contribution < -0.4 is 5.73 Å². The molecule has 5 heteroatoms. The van der Waals surface area contributed by atoms with Gasteiger partial charge in [-0.1, -0.05) is 6.92 Å². The quantitative estimate of drug-likeness (QED) is 0.841. The van der Waals surface area contributed by atoms with E-state index in [4.69, 9.17) is 5.73 Å². The summed E-state index contributed by atoms with van der Waals surface area (Å²) in [6, 6.07) is 2.13. The molecule has 0 radical (unpaired) electrons. The molecule has 1 fully saturated rings. The third-order valence-electron chi connectivity index (χ3n) is 3.47. The van der Waals surface area contributed by atoms with E-state index in [1.165, 1.54) is 4.90 Å². The van der Waals surface area contributed by atoms with Crippen molar-refractivity contribution in [2.75, 3.05) is 19.3 Å². The van der Waals surface area contributed by atoms with Crippen molar-refractivity contribution in [1.29, 1.82) is 0 Å². The predicted octanol–water partition coefficient (Wildman–Crippen LogP) is 2.27. The third-order valence-corrected chi connectivity index (χ3v) is 3.47. The van der Waals surface area contributed by atoms with E-state index < -0.39 is 23.1 Å². The van der Waals surface area contributed by atoms with Gasteiger partial charge in [0.15, 0.2) is 5.82 Å². The summed E-state index contributed by atoms with van der Waals surface area (Å²) in [4.78, 5) is 13.4. The first-order chi connectivity index (χ1) is 8.41. The van der Waals surface area contributed by atoms with E-state index in [1.54, 1.807) is 7.05 Å². The molecule has 2 rings (SSSR count). The van der Waals surface area contributed by atoms with E-state index in [1.807, 2.05) is 0 Å². The Balaban J connectivity index is 2.20. The second-order valence-corrected chi connectivity index (χ2v) is 4.98. The lowest BCUT2D eigenvalue weighted by atomic mass is 10.1. The molecule has 0 spiro atoms. The number of amides is 1. The van der Waals surface area contributed by atoms with Gasteiger partial charge >= 0.3 is 0 Å². The number of anilines is 1. The molecule has 0 aliphatic heterocycles. The van der Waals surface area contributed by atoms with Crippen LogP contribution in [-0.4, -0.2) is 24.4 Å². The summed E-state index contributed by atoms with van der Waals surface area (Å²) in [6.45, 7) is 2.61. The van der Waals surface area contributed by atoms with Gasteiger partial charge in [0.05, 0.1) is 5.69 Å². The molecule has 1 aliphatic carbocycles. The minimum Gasteiger partial charge on any atom is -0.396 e. The van der Waals surface area contributed by atoms with Crippen molar-refractivity contribution in [2.24, 2.45) is 11.8 Å². The van der Waals surface area contributed by atoms with E-state index in [2.05, 4.69) is 6.92 Å². The number of hydrogen-bond donors (Lipinski definition) is 1. The number of nitrogens with zero attached hydrogens (tertiary/aromatic N) is 1. The minimum absolute atomic E-state index is 0.215. The lowest BCUT2D eigenvalue weighted by Gasteiger charge is -2.18. The average Bonchev–Trinajstić information content (AvgIpc) is 3.00. The van der Waals surface area contributed by atoms with Gasteiger partial charge in [-0.05, 0) is 30.4 Å². The number of carbonyl (C=O) groups excluding carboxylic acids is 1. The van der Waals surface area contributed by atoms with Crippen LogP contribution in [0.2, 0.25) is 0 Å². The van der Waals surface area contributed by atoms with E-state index in [0.29, 0.717) is 18.4 Å². The molecule has 0 aromatic heterocycles. The number of benzene rings is 1. The number of hydrogen-bond acceptors (Lipinski definition) is 2. The van der Waals surface area contributed by atoms with Crippen molar-refractivity contribution in [1.82, 2.24) is 4.90 Å². The fourth-order valence-electron chi connectivity index (χ4n) is 2.04. The standard InChI is InChI=1S/C13H16F2N2O/c1-7-5-8(7)6-17(2)13(18)11-9(14)3-4-10(16)12(11)15/h3-4,7-8H,5-6,16H2,1-2H3. The maximum absolute atomic E-state index is 13.7. The maximum atomic E-state index is 13.7. The van der Waals surface area contributed by atoms with E-state index in [9.17, 15) is 13.6 Å². The Morgan fingerprint density at radius 2 is 2.11 bits per heavy atom. The zero-order valence-corrected chi connectivity index (χ0v) is 10.4. The molecule has 1 aromatic carbocycles. The average molecular weight is 254 g/mol. The highest BCUT2D eigenvalue weighted by Crippen LogP contribution is 2.38. The molecule has 2 N–H and O–H groups in total. The van der Waals surface area contributed by atoms with Gasteiger partial charge in [0, 0.05) is 13.6 Å². The SMILES string of the molecule is CC1CC1CN(C)C(=O)c1c(F)ccc(N)c1F. The highest BCUT2D eigenvalue weighted by atomic mass is 19.1. The summed E-state index contributed by atoms with van der Waals surface area (Å²) < 4.78 is 27.2. The molecule has 0 saturated heterocycles. The molecule has 1 aromatic rings. The second kappa shape index (κ2) is 4.55. The minimum atomic E-state index is -0.976. The van der Waals surface area contributed by atoms with Gasteiger partial charge in [0.1, 0.15) is 11.4 Å². The van der Waals surface area contributed by atoms with E-state index in [-0.39, 0.29) is 5.69 Å².